The van der Waals surface area contributed by atoms with Gasteiger partial charge in [0.25, 0.3) is 5.56 Å². The van der Waals surface area contributed by atoms with Crippen molar-refractivity contribution in [2.75, 3.05) is 0 Å². The predicted octanol–water partition coefficient (Wildman–Crippen LogP) is 6.12. The van der Waals surface area contributed by atoms with Gasteiger partial charge in [-0.2, -0.15) is 0 Å². The monoisotopic (exact) mass is 452 g/mol. The van der Waals surface area contributed by atoms with E-state index in [9.17, 15) is 9.18 Å². The molecule has 3 N–H and O–H groups in total. The smallest absolute Gasteiger partial charge is 0.255 e. The van der Waals surface area contributed by atoms with Crippen molar-refractivity contribution >= 4 is 22.4 Å². The standard InChI is InChI=1S/C27H30ClFN2O/c28-24-16-23-19(11-14-31-26(23)32)15-20(24)2-1-17-9-12-27(13-10-17,25(30)18-3-4-18)21-5-7-22(29)8-6-21/h5-8,11,14-18,25H,1-4,9-10,12-13,30H2,(H,31,32)/t17-,25?,27+. The number of pyridine rings is 1. The van der Waals surface area contributed by atoms with E-state index in [0.29, 0.717) is 22.2 Å². The first-order valence-electron chi connectivity index (χ1n) is 11.8. The number of benzene rings is 2. The Balaban J connectivity index is 1.29. The van der Waals surface area contributed by atoms with Gasteiger partial charge in [-0.15, -0.1) is 0 Å². The lowest BCUT2D eigenvalue weighted by Crippen LogP contribution is -2.49. The van der Waals surface area contributed by atoms with Crippen molar-refractivity contribution in [1.82, 2.24) is 4.98 Å². The van der Waals surface area contributed by atoms with Crippen LogP contribution in [0.3, 0.4) is 0 Å². The minimum absolute atomic E-state index is 0.0347. The average molecular weight is 453 g/mol. The van der Waals surface area contributed by atoms with Gasteiger partial charge >= 0.3 is 0 Å². The second-order valence-electron chi connectivity index (χ2n) is 9.85. The molecule has 1 heterocycles. The molecule has 168 valence electrons. The van der Waals surface area contributed by atoms with Gasteiger partial charge in [-0.05, 0) is 110 Å². The lowest BCUT2D eigenvalue weighted by atomic mass is 9.61. The van der Waals surface area contributed by atoms with Gasteiger partial charge in [-0.1, -0.05) is 23.7 Å². The molecule has 2 aliphatic carbocycles. The van der Waals surface area contributed by atoms with Crippen LogP contribution in [-0.4, -0.2) is 11.0 Å². The van der Waals surface area contributed by atoms with Gasteiger partial charge < -0.3 is 10.7 Å². The fourth-order valence-corrected chi connectivity index (χ4v) is 6.05. The number of aryl methyl sites for hydroxylation is 1. The van der Waals surface area contributed by atoms with Crippen LogP contribution in [0.4, 0.5) is 4.39 Å². The molecule has 2 aromatic carbocycles. The van der Waals surface area contributed by atoms with Crippen LogP contribution in [0.25, 0.3) is 10.8 Å². The number of hydrogen-bond acceptors (Lipinski definition) is 2. The summed E-state index contributed by atoms with van der Waals surface area (Å²) < 4.78 is 13.6. The van der Waals surface area contributed by atoms with Gasteiger partial charge in [0.15, 0.2) is 0 Å². The summed E-state index contributed by atoms with van der Waals surface area (Å²) in [6, 6.07) is 13.0. The quantitative estimate of drug-likeness (QED) is 0.473. The fourth-order valence-electron chi connectivity index (χ4n) is 5.79. The number of fused-ring (bicyclic) bond motifs is 1. The topological polar surface area (TPSA) is 58.9 Å². The Morgan fingerprint density at radius 2 is 1.81 bits per heavy atom. The van der Waals surface area contributed by atoms with E-state index in [0.717, 1.165) is 49.5 Å². The highest BCUT2D eigenvalue weighted by Crippen LogP contribution is 2.50. The fraction of sp³-hybridized carbons (Fsp3) is 0.444. The predicted molar refractivity (Wildman–Crippen MR) is 129 cm³/mol. The van der Waals surface area contributed by atoms with Gasteiger partial charge in [0.1, 0.15) is 5.82 Å². The van der Waals surface area contributed by atoms with Crippen LogP contribution in [-0.2, 0) is 11.8 Å². The minimum Gasteiger partial charge on any atom is -0.329 e. The maximum atomic E-state index is 13.6. The summed E-state index contributed by atoms with van der Waals surface area (Å²) in [7, 11) is 0. The largest absolute Gasteiger partial charge is 0.329 e. The van der Waals surface area contributed by atoms with Gasteiger partial charge in [0, 0.05) is 28.1 Å². The zero-order valence-electron chi connectivity index (χ0n) is 18.2. The van der Waals surface area contributed by atoms with E-state index in [2.05, 4.69) is 11.1 Å². The molecule has 3 nitrogen and oxygen atoms in total. The van der Waals surface area contributed by atoms with Crippen LogP contribution in [0.5, 0.6) is 0 Å². The summed E-state index contributed by atoms with van der Waals surface area (Å²) >= 11 is 6.51. The highest BCUT2D eigenvalue weighted by molar-refractivity contribution is 6.32. The molecule has 2 saturated carbocycles. The normalized spacial score (nSPS) is 24.5. The third-order valence-corrected chi connectivity index (χ3v) is 8.30. The van der Waals surface area contributed by atoms with E-state index in [4.69, 9.17) is 17.3 Å². The van der Waals surface area contributed by atoms with Crippen molar-refractivity contribution in [3.63, 3.8) is 0 Å². The number of halogens is 2. The number of rotatable bonds is 6. The Morgan fingerprint density at radius 3 is 2.50 bits per heavy atom. The first-order valence-corrected chi connectivity index (χ1v) is 12.2. The van der Waals surface area contributed by atoms with E-state index in [1.54, 1.807) is 24.4 Å². The number of H-pyrrole nitrogens is 1. The van der Waals surface area contributed by atoms with E-state index in [-0.39, 0.29) is 22.8 Å². The van der Waals surface area contributed by atoms with Crippen molar-refractivity contribution < 1.29 is 4.39 Å². The summed E-state index contributed by atoms with van der Waals surface area (Å²) in [5, 5.41) is 2.24. The van der Waals surface area contributed by atoms with Crippen LogP contribution in [0, 0.1) is 17.7 Å². The third-order valence-electron chi connectivity index (χ3n) is 7.95. The van der Waals surface area contributed by atoms with Crippen molar-refractivity contribution in [2.45, 2.75) is 62.8 Å². The molecule has 2 fully saturated rings. The minimum atomic E-state index is -0.188. The highest BCUT2D eigenvalue weighted by Gasteiger charge is 2.47. The van der Waals surface area contributed by atoms with Gasteiger partial charge in [0.05, 0.1) is 0 Å². The number of nitrogens with one attached hydrogen (secondary N) is 1. The molecule has 5 heteroatoms. The summed E-state index contributed by atoms with van der Waals surface area (Å²) in [5.74, 6) is 1.05. The molecule has 0 amide bonds. The summed E-state index contributed by atoms with van der Waals surface area (Å²) in [6.07, 6.45) is 10.5. The molecular formula is C27H30ClFN2O. The Morgan fingerprint density at radius 1 is 1.09 bits per heavy atom. The van der Waals surface area contributed by atoms with Gasteiger partial charge in [-0.3, -0.25) is 4.79 Å². The van der Waals surface area contributed by atoms with Crippen molar-refractivity contribution in [3.05, 3.63) is 81.0 Å². The maximum absolute atomic E-state index is 13.6. The summed E-state index contributed by atoms with van der Waals surface area (Å²) in [5.41, 5.74) is 8.99. The van der Waals surface area contributed by atoms with Gasteiger partial charge in [-0.25, -0.2) is 4.39 Å². The number of aromatic amines is 1. The van der Waals surface area contributed by atoms with Crippen LogP contribution >= 0.6 is 11.6 Å². The Labute approximate surface area is 193 Å². The van der Waals surface area contributed by atoms with E-state index in [1.165, 1.54) is 18.4 Å². The molecule has 3 aromatic rings. The molecule has 1 unspecified atom stereocenters. The second-order valence-corrected chi connectivity index (χ2v) is 10.3. The first kappa shape index (κ1) is 21.7. The Hall–Kier alpha value is -2.17. The number of aromatic nitrogens is 1. The summed E-state index contributed by atoms with van der Waals surface area (Å²) in [6.45, 7) is 0. The molecular weight excluding hydrogens is 423 g/mol. The SMILES string of the molecule is NC(C1CC1)[C@]1(c2ccc(F)cc2)CC[C@H](CCc2cc3cc[nH]c(=O)c3cc2Cl)CC1. The molecule has 0 saturated heterocycles. The van der Waals surface area contributed by atoms with E-state index in [1.807, 2.05) is 18.2 Å². The lowest BCUT2D eigenvalue weighted by molar-refractivity contribution is 0.178. The van der Waals surface area contributed by atoms with Crippen LogP contribution in [0.15, 0.2) is 53.5 Å². The average Bonchev–Trinajstić information content (AvgIpc) is 3.64. The van der Waals surface area contributed by atoms with Crippen LogP contribution in [0.1, 0.15) is 56.1 Å². The molecule has 5 rings (SSSR count). The maximum Gasteiger partial charge on any atom is 0.255 e. The molecule has 32 heavy (non-hydrogen) atoms. The molecule has 0 aliphatic heterocycles. The molecule has 1 atom stereocenters. The van der Waals surface area contributed by atoms with Crippen molar-refractivity contribution in [1.29, 1.82) is 0 Å². The number of nitrogens with two attached hydrogens (primary N) is 1. The number of hydrogen-bond donors (Lipinski definition) is 2. The molecule has 1 aromatic heterocycles. The first-order chi connectivity index (χ1) is 15.5. The molecule has 2 aliphatic rings. The van der Waals surface area contributed by atoms with E-state index < -0.39 is 0 Å². The Bertz CT molecular complexity index is 1160. The zero-order chi connectivity index (χ0) is 22.3. The van der Waals surface area contributed by atoms with E-state index >= 15 is 0 Å². The Kier molecular flexibility index (Phi) is 5.85. The van der Waals surface area contributed by atoms with Crippen LogP contribution in [0.2, 0.25) is 5.02 Å². The molecule has 0 bridgehead atoms. The van der Waals surface area contributed by atoms with Crippen molar-refractivity contribution in [2.24, 2.45) is 17.6 Å². The lowest BCUT2D eigenvalue weighted by Gasteiger charge is -2.45. The summed E-state index contributed by atoms with van der Waals surface area (Å²) in [4.78, 5) is 14.7. The highest BCUT2D eigenvalue weighted by atomic mass is 35.5. The molecule has 0 radical (unpaired) electrons. The van der Waals surface area contributed by atoms with Crippen molar-refractivity contribution in [3.8, 4) is 0 Å². The van der Waals surface area contributed by atoms with Gasteiger partial charge in [0.2, 0.25) is 0 Å². The zero-order valence-corrected chi connectivity index (χ0v) is 19.0. The second kappa shape index (κ2) is 8.64. The molecule has 0 spiro atoms. The third kappa shape index (κ3) is 4.11. The van der Waals surface area contributed by atoms with Crippen LogP contribution < -0.4 is 11.3 Å².